The molecule has 7 heteroatoms. The highest BCUT2D eigenvalue weighted by Gasteiger charge is 2.47. The van der Waals surface area contributed by atoms with E-state index in [9.17, 15) is 4.79 Å². The number of nitrogens with zero attached hydrogens (tertiary/aromatic N) is 1. The number of ether oxygens (including phenoxy) is 3. The van der Waals surface area contributed by atoms with Crippen LogP contribution >= 0.6 is 11.6 Å². The van der Waals surface area contributed by atoms with E-state index in [0.717, 1.165) is 5.56 Å². The molecule has 2 aromatic carbocycles. The minimum absolute atomic E-state index is 0.154. The molecule has 1 fully saturated rings. The van der Waals surface area contributed by atoms with E-state index in [0.29, 0.717) is 28.0 Å². The van der Waals surface area contributed by atoms with Gasteiger partial charge in [-0.25, -0.2) is 0 Å². The number of carbonyl (C=O) groups excluding carboxylic acids is 1. The Kier molecular flexibility index (Phi) is 3.51. The van der Waals surface area contributed by atoms with Crippen LogP contribution in [0.15, 0.2) is 36.4 Å². The molecule has 0 radical (unpaired) electrons. The molecule has 2 atom stereocenters. The Hall–Kier alpha value is -2.44. The van der Waals surface area contributed by atoms with Crippen molar-refractivity contribution in [2.75, 3.05) is 18.8 Å². The van der Waals surface area contributed by atoms with Gasteiger partial charge in [0.15, 0.2) is 11.5 Å². The molecule has 0 saturated carbocycles. The first-order valence-electron chi connectivity index (χ1n) is 7.42. The Balaban J connectivity index is 1.70. The number of benzene rings is 2. The molecular weight excluding hydrogens is 332 g/mol. The highest BCUT2D eigenvalue weighted by Crippen LogP contribution is 2.43. The number of halogens is 1. The fraction of sp³-hybridized carbons (Fsp3) is 0.235. The van der Waals surface area contributed by atoms with Gasteiger partial charge in [-0.1, -0.05) is 17.7 Å². The first-order valence-corrected chi connectivity index (χ1v) is 7.79. The molecule has 2 unspecified atom stereocenters. The van der Waals surface area contributed by atoms with Gasteiger partial charge in [-0.05, 0) is 35.9 Å². The SMILES string of the molecule is COc1ccc(N2C(=O)C(N)C2c2ccc3c(c2)OCO3)cc1Cl. The Morgan fingerprint density at radius 2 is 2.00 bits per heavy atom. The molecule has 2 aliphatic heterocycles. The largest absolute Gasteiger partial charge is 0.495 e. The molecule has 0 spiro atoms. The molecule has 2 heterocycles. The lowest BCUT2D eigenvalue weighted by Crippen LogP contribution is -2.63. The smallest absolute Gasteiger partial charge is 0.247 e. The quantitative estimate of drug-likeness (QED) is 0.864. The third kappa shape index (κ3) is 2.18. The Morgan fingerprint density at radius 1 is 1.21 bits per heavy atom. The maximum absolute atomic E-state index is 12.3. The molecule has 0 aromatic heterocycles. The molecule has 2 N–H and O–H groups in total. The molecule has 2 aromatic rings. The van der Waals surface area contributed by atoms with Gasteiger partial charge >= 0.3 is 0 Å². The van der Waals surface area contributed by atoms with Crippen LogP contribution in [0, 0.1) is 0 Å². The molecule has 2 aliphatic rings. The molecule has 0 bridgehead atoms. The summed E-state index contributed by atoms with van der Waals surface area (Å²) in [6.07, 6.45) is 0. The standard InChI is InChI=1S/C17H15ClN2O4/c1-22-12-5-3-10(7-11(12)18)20-16(15(19)17(20)21)9-2-4-13-14(6-9)24-8-23-13/h2-7,15-16H,8,19H2,1H3. The summed E-state index contributed by atoms with van der Waals surface area (Å²) in [6.45, 7) is 0.201. The first-order chi connectivity index (χ1) is 11.6. The second kappa shape index (κ2) is 5.58. The van der Waals surface area contributed by atoms with Crippen molar-refractivity contribution in [3.63, 3.8) is 0 Å². The van der Waals surface area contributed by atoms with Gasteiger partial charge in [0.05, 0.1) is 18.2 Å². The minimum atomic E-state index is -0.605. The van der Waals surface area contributed by atoms with Crippen LogP contribution in [0.2, 0.25) is 5.02 Å². The van der Waals surface area contributed by atoms with Crippen molar-refractivity contribution in [2.24, 2.45) is 5.73 Å². The fourth-order valence-corrected chi connectivity index (χ4v) is 3.31. The van der Waals surface area contributed by atoms with Crippen LogP contribution in [-0.4, -0.2) is 25.9 Å². The van der Waals surface area contributed by atoms with Gasteiger partial charge in [0.25, 0.3) is 0 Å². The number of anilines is 1. The van der Waals surface area contributed by atoms with E-state index in [1.54, 1.807) is 30.2 Å². The summed E-state index contributed by atoms with van der Waals surface area (Å²) in [6, 6.07) is 9.90. The number of nitrogens with two attached hydrogens (primary N) is 1. The van der Waals surface area contributed by atoms with Crippen LogP contribution in [0.25, 0.3) is 0 Å². The van der Waals surface area contributed by atoms with Gasteiger partial charge in [0, 0.05) is 5.69 Å². The van der Waals surface area contributed by atoms with Crippen LogP contribution in [0.3, 0.4) is 0 Å². The van der Waals surface area contributed by atoms with E-state index in [1.165, 1.54) is 0 Å². The van der Waals surface area contributed by atoms with Gasteiger partial charge in [0.1, 0.15) is 11.8 Å². The third-order valence-electron chi connectivity index (χ3n) is 4.29. The van der Waals surface area contributed by atoms with E-state index in [-0.39, 0.29) is 18.7 Å². The van der Waals surface area contributed by atoms with Crippen LogP contribution in [0.1, 0.15) is 11.6 Å². The number of fused-ring (bicyclic) bond motifs is 1. The van der Waals surface area contributed by atoms with Crippen molar-refractivity contribution >= 4 is 23.2 Å². The zero-order chi connectivity index (χ0) is 16.8. The predicted octanol–water partition coefficient (Wildman–Crippen LogP) is 2.49. The van der Waals surface area contributed by atoms with Gasteiger partial charge in [-0.15, -0.1) is 0 Å². The number of hydrogen-bond acceptors (Lipinski definition) is 5. The minimum Gasteiger partial charge on any atom is -0.495 e. The molecule has 0 aliphatic carbocycles. The van der Waals surface area contributed by atoms with Gasteiger partial charge in [-0.2, -0.15) is 0 Å². The van der Waals surface area contributed by atoms with Crippen LogP contribution in [-0.2, 0) is 4.79 Å². The molecule has 6 nitrogen and oxygen atoms in total. The highest BCUT2D eigenvalue weighted by atomic mass is 35.5. The number of amides is 1. The van der Waals surface area contributed by atoms with E-state index >= 15 is 0 Å². The average Bonchev–Trinajstić information content (AvgIpc) is 3.06. The van der Waals surface area contributed by atoms with E-state index < -0.39 is 6.04 Å². The summed E-state index contributed by atoms with van der Waals surface area (Å²) in [5, 5.41) is 0.438. The molecule has 4 rings (SSSR count). The third-order valence-corrected chi connectivity index (χ3v) is 4.59. The summed E-state index contributed by atoms with van der Waals surface area (Å²) in [4.78, 5) is 13.9. The Bertz CT molecular complexity index is 826. The second-order valence-corrected chi connectivity index (χ2v) is 6.02. The number of hydrogen-bond donors (Lipinski definition) is 1. The van der Waals surface area contributed by atoms with E-state index in [4.69, 9.17) is 31.5 Å². The molecular formula is C17H15ClN2O4. The summed E-state index contributed by atoms with van der Waals surface area (Å²) >= 11 is 6.18. The molecule has 124 valence electrons. The van der Waals surface area contributed by atoms with E-state index in [1.807, 2.05) is 18.2 Å². The zero-order valence-corrected chi connectivity index (χ0v) is 13.6. The second-order valence-electron chi connectivity index (χ2n) is 5.61. The maximum Gasteiger partial charge on any atom is 0.247 e. The number of carbonyl (C=O) groups is 1. The van der Waals surface area contributed by atoms with Crippen molar-refractivity contribution in [3.8, 4) is 17.2 Å². The van der Waals surface area contributed by atoms with Crippen molar-refractivity contribution in [1.29, 1.82) is 0 Å². The lowest BCUT2D eigenvalue weighted by atomic mass is 9.88. The zero-order valence-electron chi connectivity index (χ0n) is 12.9. The van der Waals surface area contributed by atoms with Crippen LogP contribution in [0.4, 0.5) is 5.69 Å². The van der Waals surface area contributed by atoms with Gasteiger partial charge in [0.2, 0.25) is 12.7 Å². The van der Waals surface area contributed by atoms with Crippen molar-refractivity contribution in [3.05, 3.63) is 47.0 Å². The fourth-order valence-electron chi connectivity index (χ4n) is 3.06. The van der Waals surface area contributed by atoms with Gasteiger partial charge < -0.3 is 24.8 Å². The first kappa shape index (κ1) is 15.1. The molecule has 1 saturated heterocycles. The summed E-state index contributed by atoms with van der Waals surface area (Å²) in [5.41, 5.74) is 7.61. The van der Waals surface area contributed by atoms with Crippen LogP contribution in [0.5, 0.6) is 17.2 Å². The lowest BCUT2D eigenvalue weighted by Gasteiger charge is -2.45. The molecule has 24 heavy (non-hydrogen) atoms. The number of β-lactam (4-membered cyclic amide) rings is 1. The predicted molar refractivity (Wildman–Crippen MR) is 88.8 cm³/mol. The lowest BCUT2D eigenvalue weighted by molar-refractivity contribution is -0.126. The van der Waals surface area contributed by atoms with Crippen LogP contribution < -0.4 is 24.8 Å². The maximum atomic E-state index is 12.3. The van der Waals surface area contributed by atoms with Crippen molar-refractivity contribution in [2.45, 2.75) is 12.1 Å². The normalized spacial score (nSPS) is 21.6. The molecule has 1 amide bonds. The summed E-state index contributed by atoms with van der Waals surface area (Å²) in [7, 11) is 1.54. The van der Waals surface area contributed by atoms with Crippen molar-refractivity contribution in [1.82, 2.24) is 0 Å². The summed E-state index contributed by atoms with van der Waals surface area (Å²) in [5.74, 6) is 1.75. The Labute approximate surface area is 143 Å². The highest BCUT2D eigenvalue weighted by molar-refractivity contribution is 6.32. The topological polar surface area (TPSA) is 74.0 Å². The average molecular weight is 347 g/mol. The monoisotopic (exact) mass is 346 g/mol. The Morgan fingerprint density at radius 3 is 2.75 bits per heavy atom. The summed E-state index contributed by atoms with van der Waals surface area (Å²) < 4.78 is 15.9. The number of rotatable bonds is 3. The van der Waals surface area contributed by atoms with E-state index in [2.05, 4.69) is 0 Å². The number of methoxy groups -OCH3 is 1. The van der Waals surface area contributed by atoms with Gasteiger partial charge in [-0.3, -0.25) is 4.79 Å². The van der Waals surface area contributed by atoms with Crippen molar-refractivity contribution < 1.29 is 19.0 Å².